The number of amides is 4. The summed E-state index contributed by atoms with van der Waals surface area (Å²) < 4.78 is 86.4. The van der Waals surface area contributed by atoms with Gasteiger partial charge in [0.1, 0.15) is 40.5 Å². The van der Waals surface area contributed by atoms with Crippen LogP contribution in [0.5, 0.6) is 11.5 Å². The first-order valence-electron chi connectivity index (χ1n) is 43.1. The lowest BCUT2D eigenvalue weighted by molar-refractivity contribution is -0.274. The van der Waals surface area contributed by atoms with E-state index < -0.39 is 106 Å². The van der Waals surface area contributed by atoms with Gasteiger partial charge >= 0.3 is 36.2 Å². The third-order valence-corrected chi connectivity index (χ3v) is 22.6. The molecule has 4 unspecified atom stereocenters. The number of hydrogen-bond donors (Lipinski definition) is 4. The predicted molar refractivity (Wildman–Crippen MR) is 493 cm³/mol. The van der Waals surface area contributed by atoms with E-state index in [1.54, 1.807) is 150 Å². The van der Waals surface area contributed by atoms with E-state index in [2.05, 4.69) is 90.1 Å². The van der Waals surface area contributed by atoms with Crippen molar-refractivity contribution in [1.29, 1.82) is 0 Å². The molecule has 0 radical (unpaired) electrons. The molecule has 4 atom stereocenters. The van der Waals surface area contributed by atoms with E-state index in [0.717, 1.165) is 68.3 Å². The lowest BCUT2D eigenvalue weighted by Gasteiger charge is -2.24. The van der Waals surface area contributed by atoms with Crippen LogP contribution in [0.4, 0.5) is 49.6 Å². The second-order valence-electron chi connectivity index (χ2n) is 33.0. The van der Waals surface area contributed by atoms with Crippen molar-refractivity contribution in [1.82, 2.24) is 50.8 Å². The van der Waals surface area contributed by atoms with E-state index in [9.17, 15) is 85.1 Å². The van der Waals surface area contributed by atoms with Crippen LogP contribution in [0.25, 0.3) is 23.0 Å². The van der Waals surface area contributed by atoms with Crippen LogP contribution in [0.1, 0.15) is 198 Å². The zero-order chi connectivity index (χ0) is 98.2. The van der Waals surface area contributed by atoms with Gasteiger partial charge < -0.3 is 29.9 Å². The van der Waals surface area contributed by atoms with Crippen molar-refractivity contribution >= 4 is 93.1 Å². The van der Waals surface area contributed by atoms with Crippen molar-refractivity contribution < 1.29 is 94.6 Å². The molecule has 0 saturated carbocycles. The highest BCUT2D eigenvalue weighted by Gasteiger charge is 2.53. The fourth-order valence-corrected chi connectivity index (χ4v) is 15.3. The number of benzene rings is 6. The number of ether oxygens (including phenoxy) is 2. The first kappa shape index (κ1) is 97.4. The van der Waals surface area contributed by atoms with Gasteiger partial charge in [0.15, 0.2) is 29.0 Å². The van der Waals surface area contributed by atoms with Crippen molar-refractivity contribution in [3.63, 3.8) is 0 Å². The Morgan fingerprint density at radius 2 is 0.676 bits per heavy atom. The van der Waals surface area contributed by atoms with Crippen LogP contribution in [0.2, 0.25) is 0 Å². The molecule has 0 spiro atoms. The third-order valence-electron chi connectivity index (χ3n) is 22.6. The second kappa shape index (κ2) is 40.9. The van der Waals surface area contributed by atoms with Crippen molar-refractivity contribution in [2.24, 2.45) is 0 Å². The van der Waals surface area contributed by atoms with Gasteiger partial charge in [0, 0.05) is 29.1 Å². The van der Waals surface area contributed by atoms with Gasteiger partial charge in [-0.15, -0.1) is 33.6 Å². The number of aliphatic hydroxyl groups is 4. The molecule has 4 aliphatic heterocycles. The average molecular weight is 1850 g/mol. The number of anilines is 4. The third kappa shape index (κ3) is 21.1. The van der Waals surface area contributed by atoms with E-state index >= 15 is 0 Å². The quantitative estimate of drug-likeness (QED) is 0.0253. The highest BCUT2D eigenvalue weighted by atomic mass is 19.4. The largest absolute Gasteiger partial charge is 0.573 e. The molecule has 4 amide bonds. The molecule has 28 nitrogen and oxygen atoms in total. The molecular weight excluding hydrogens is 1760 g/mol. The zero-order valence-electron chi connectivity index (χ0n) is 75.8. The van der Waals surface area contributed by atoms with Gasteiger partial charge in [-0.3, -0.25) is 67.9 Å². The number of nitrogens with zero attached hydrogens (tertiary/aromatic N) is 14. The summed E-state index contributed by atoms with van der Waals surface area (Å²) in [6, 6.07) is 54.7. The fraction of sp³-hybridized carbons (Fsp3) is 0.235. The molecule has 6 aromatic carbocycles. The second-order valence-corrected chi connectivity index (χ2v) is 33.0. The molecule has 12 aromatic rings. The molecule has 4 saturated heterocycles. The smallest absolute Gasteiger partial charge is 0.507 e. The predicted octanol–water partition coefficient (Wildman–Crippen LogP) is 19.0. The minimum absolute atomic E-state index is 0.00129. The van der Waals surface area contributed by atoms with E-state index in [4.69, 9.17) is 4.74 Å². The Morgan fingerprint density at radius 1 is 0.353 bits per heavy atom. The molecule has 16 rings (SSSR count). The monoisotopic (exact) mass is 1850 g/mol. The van der Waals surface area contributed by atoms with Crippen molar-refractivity contribution in [3.8, 4) is 11.5 Å². The summed E-state index contributed by atoms with van der Waals surface area (Å²) in [6.45, 7) is 25.5. The molecule has 4 fully saturated rings. The highest BCUT2D eigenvalue weighted by Crippen LogP contribution is 2.48. The molecule has 0 bridgehead atoms. The molecule has 4 aliphatic rings. The van der Waals surface area contributed by atoms with Gasteiger partial charge in [0.2, 0.25) is 0 Å². The molecule has 136 heavy (non-hydrogen) atoms. The molecule has 34 heteroatoms. The molecule has 0 aliphatic carbocycles. The van der Waals surface area contributed by atoms with Gasteiger partial charge in [0.25, 0.3) is 23.1 Å². The normalized spacial score (nSPS) is 17.7. The van der Waals surface area contributed by atoms with Gasteiger partial charge in [-0.2, -0.15) is 33.6 Å². The summed E-state index contributed by atoms with van der Waals surface area (Å²) in [4.78, 5) is 118. The van der Waals surface area contributed by atoms with E-state index in [-0.39, 0.29) is 85.5 Å². The number of alkyl halides is 6. The van der Waals surface area contributed by atoms with Crippen molar-refractivity contribution in [3.05, 3.63) is 354 Å². The van der Waals surface area contributed by atoms with Crippen LogP contribution < -0.4 is 29.1 Å². The number of hydrogen-bond acceptors (Lipinski definition) is 24. The number of pyridine rings is 2. The summed E-state index contributed by atoms with van der Waals surface area (Å²) in [5.41, 5.74) is 8.99. The molecule has 696 valence electrons. The Kier molecular flexibility index (Phi) is 29.3. The topological polar surface area (TPSA) is 378 Å². The number of Topliss-reactive ketones (excluding diaryl/α,β-unsaturated/α-hetero) is 4. The van der Waals surface area contributed by atoms with Crippen LogP contribution in [0.15, 0.2) is 253 Å². The number of aryl methyl sites for hydroxylation is 6. The van der Waals surface area contributed by atoms with Crippen LogP contribution in [0, 0.1) is 34.6 Å². The maximum Gasteiger partial charge on any atom is 0.573 e. The van der Waals surface area contributed by atoms with Crippen LogP contribution in [0.3, 0.4) is 0 Å². The Labute approximate surface area is 777 Å². The van der Waals surface area contributed by atoms with E-state index in [1.807, 2.05) is 69.3 Å². The van der Waals surface area contributed by atoms with Crippen molar-refractivity contribution in [2.45, 2.75) is 151 Å². The van der Waals surface area contributed by atoms with Gasteiger partial charge in [-0.25, -0.2) is 0 Å². The summed E-state index contributed by atoms with van der Waals surface area (Å²) in [5.74, 6) is -6.82. The standard InChI is InChI=1S/C27H27N3O4.C27H27N3O3.C25H21F3N4O3.C23H17F3N4O4/c1-5-34-21-13-11-19(12-14-21)24-23(25(31)20-9-7-18(8-10-20)16(2)3)26(32)27(33)30(24)22-15-6-17(4)28-29-22;1-5-18-7-9-20(10-8-18)24-23(25(31)21-13-11-19(12-14-21)16(2)3)26(32)27(33)30(24)22-15-6-17(4)28-29-22;1-13(2)15-5-7-16(8-6-15)22(33)20-21(18-10-9-17(12-29-18)25(26,27)28)32(24(35)23(20)34)19-11-4-14(3)30-31-19;1-12-3-9-16(27-11-12)20(31)18-19(14-5-7-15(8-6-14)34-23(24,25)26)30(22(33)21(18)32)17-10-4-13(2)28-29-17/h6-16,24,31H,5H2,1-4H3;6-16,24,31H,5H2,1-4H3;4-13,21,33H,1-3H3;3-11,19,31H,1-2H3. The number of aliphatic hydroxyl groups excluding tert-OH is 4. The molecule has 6 aromatic heterocycles. The Balaban J connectivity index is 0.000000153. The van der Waals surface area contributed by atoms with Crippen LogP contribution in [-0.2, 0) is 51.0 Å². The zero-order valence-corrected chi connectivity index (χ0v) is 75.8. The number of rotatable bonds is 19. The number of halogens is 6. The van der Waals surface area contributed by atoms with Gasteiger partial charge in [0.05, 0.1) is 81.1 Å². The summed E-state index contributed by atoms with van der Waals surface area (Å²) in [5, 5.41) is 76.7. The van der Waals surface area contributed by atoms with Gasteiger partial charge in [-0.05, 0) is 201 Å². The number of carbonyl (C=O) groups is 8. The maximum atomic E-state index is 13.2. The maximum absolute atomic E-state index is 13.2. The lowest BCUT2D eigenvalue weighted by Crippen LogP contribution is -2.31. The van der Waals surface area contributed by atoms with Crippen LogP contribution >= 0.6 is 0 Å². The molecular formula is C102H92F6N14O14. The average Bonchev–Trinajstić information content (AvgIpc) is 1.61. The lowest BCUT2D eigenvalue weighted by atomic mass is 9.93. The summed E-state index contributed by atoms with van der Waals surface area (Å²) >= 11 is 0. The first-order chi connectivity index (χ1) is 64.7. The van der Waals surface area contributed by atoms with E-state index in [0.29, 0.717) is 75.4 Å². The van der Waals surface area contributed by atoms with Gasteiger partial charge in [-0.1, -0.05) is 176 Å². The Bertz CT molecular complexity index is 6630. The first-order valence-corrected chi connectivity index (χ1v) is 43.1. The number of aromatic nitrogens is 10. The highest BCUT2D eigenvalue weighted by molar-refractivity contribution is 6.53. The number of ketones is 4. The fourth-order valence-electron chi connectivity index (χ4n) is 15.3. The SMILES string of the molecule is CCOc1ccc(C2C(=C(O)c3ccc(C(C)C)cc3)C(=O)C(=O)N2c2ccc(C)nn2)cc1.CCc1ccc(C2C(=C(O)c3ccc(C(C)C)cc3)C(=O)C(=O)N2c2ccc(C)nn2)cc1.Cc1ccc(C(O)=C2C(=O)C(=O)N(c3ccc(C)nn3)C2c2ccc(OC(F)(F)F)cc2)nc1.Cc1ccc(N2C(=O)C(=O)C(=C(O)c3ccc(C(C)C)cc3)C2c2ccc(C(F)(F)F)cn2)nn1. The van der Waals surface area contributed by atoms with Crippen LogP contribution in [-0.4, -0.2) is 131 Å². The molecule has 10 heterocycles. The van der Waals surface area contributed by atoms with E-state index in [1.165, 1.54) is 46.3 Å². The number of carbonyl (C=O) groups excluding carboxylic acids is 8. The minimum Gasteiger partial charge on any atom is -0.507 e. The Morgan fingerprint density at radius 3 is 0.956 bits per heavy atom. The Hall–Kier alpha value is -16.2. The van der Waals surface area contributed by atoms with Crippen molar-refractivity contribution in [2.75, 3.05) is 26.2 Å². The summed E-state index contributed by atoms with van der Waals surface area (Å²) in [6.07, 6.45) is -6.53. The minimum atomic E-state index is -4.88. The molecule has 4 N–H and O–H groups in total. The summed E-state index contributed by atoms with van der Waals surface area (Å²) in [7, 11) is 0.